The molecule has 2 nitrogen and oxygen atoms in total. The van der Waals surface area contributed by atoms with Crippen LogP contribution >= 0.6 is 0 Å². The fraction of sp³-hybridized carbons (Fsp3) is 0. The predicted molar refractivity (Wildman–Crippen MR) is 7.23 cm³/mol. The van der Waals surface area contributed by atoms with Gasteiger partial charge in [-0.15, -0.1) is 0 Å². The van der Waals surface area contributed by atoms with Gasteiger partial charge in [0.2, 0.25) is 0 Å². The van der Waals surface area contributed by atoms with Crippen molar-refractivity contribution in [3.8, 4) is 0 Å². The molecule has 0 saturated heterocycles. The van der Waals surface area contributed by atoms with Crippen molar-refractivity contribution in [2.24, 2.45) is 0 Å². The van der Waals surface area contributed by atoms with E-state index in [2.05, 4.69) is 0 Å². The second kappa shape index (κ2) is 38.0. The van der Waals surface area contributed by atoms with Crippen LogP contribution in [-0.4, -0.2) is 11.0 Å². The second-order valence-corrected chi connectivity index (χ2v) is 0. The molecule has 0 atom stereocenters. The van der Waals surface area contributed by atoms with E-state index < -0.39 is 0 Å². The van der Waals surface area contributed by atoms with Crippen molar-refractivity contribution in [2.45, 2.75) is 0 Å². The zero-order chi connectivity index (χ0) is 0. The minimum absolute atomic E-state index is 0. The van der Waals surface area contributed by atoms with E-state index in [0.29, 0.717) is 0 Å². The maximum Gasteiger partial charge on any atom is 0 e. The Morgan fingerprint density at radius 1 is 0.800 bits per heavy atom. The molecule has 4 N–H and O–H groups in total. The molecule has 0 rings (SSSR count). The van der Waals surface area contributed by atoms with Gasteiger partial charge in [-0.05, 0) is 0 Å². The third-order valence-corrected chi connectivity index (χ3v) is 0. The Morgan fingerprint density at radius 3 is 0.800 bits per heavy atom. The maximum absolute atomic E-state index is 0. The van der Waals surface area contributed by atoms with Crippen LogP contribution in [0.1, 0.15) is 0 Å². The van der Waals surface area contributed by atoms with Crippen LogP contribution in [0, 0.1) is 0 Å². The van der Waals surface area contributed by atoms with Gasteiger partial charge in [-0.3, -0.25) is 0 Å². The van der Waals surface area contributed by atoms with Gasteiger partial charge in [-0.1, -0.05) is 0 Å². The van der Waals surface area contributed by atoms with Crippen LogP contribution in [-0.2, 0) is 63.4 Å². The first-order valence-electron chi connectivity index (χ1n) is 0. The van der Waals surface area contributed by atoms with Gasteiger partial charge in [0.15, 0.2) is 0 Å². The topological polar surface area (TPSA) is 63.0 Å². The molecule has 0 aromatic heterocycles. The third kappa shape index (κ3) is 24.2. The quantitative estimate of drug-likeness (QED) is 0.452. The zero-order valence-electron chi connectivity index (χ0n) is 2.30. The van der Waals surface area contributed by atoms with Crippen molar-refractivity contribution in [2.75, 3.05) is 0 Å². The molecule has 0 aliphatic heterocycles. The van der Waals surface area contributed by atoms with E-state index in [4.69, 9.17) is 0 Å². The van der Waals surface area contributed by atoms with Crippen molar-refractivity contribution >= 4 is 0 Å². The van der Waals surface area contributed by atoms with Crippen molar-refractivity contribution < 1.29 is 74.4 Å². The molecular formula is H4MoNiO2Sc. The van der Waals surface area contributed by atoms with Gasteiger partial charge in [0.05, 0.1) is 0 Å². The Balaban J connectivity index is 0. The first-order valence-corrected chi connectivity index (χ1v) is 0. The van der Waals surface area contributed by atoms with E-state index in [9.17, 15) is 0 Å². The summed E-state index contributed by atoms with van der Waals surface area (Å²) in [4.78, 5) is 0. The summed E-state index contributed by atoms with van der Waals surface area (Å²) in [5.41, 5.74) is 0. The van der Waals surface area contributed by atoms with Crippen LogP contribution in [0.4, 0.5) is 0 Å². The molecule has 0 aliphatic carbocycles. The molecular weight excluding hydrogens is 232 g/mol. The van der Waals surface area contributed by atoms with Gasteiger partial charge in [0, 0.05) is 63.4 Å². The van der Waals surface area contributed by atoms with Crippen LogP contribution in [0.2, 0.25) is 0 Å². The standard InChI is InChI=1S/Mo.Ni.2H2O.Sc/h;;2*1H2;. The van der Waals surface area contributed by atoms with Crippen LogP contribution in [0.15, 0.2) is 0 Å². The van der Waals surface area contributed by atoms with Crippen molar-refractivity contribution in [1.82, 2.24) is 0 Å². The van der Waals surface area contributed by atoms with Crippen molar-refractivity contribution in [1.29, 1.82) is 0 Å². The number of rotatable bonds is 0. The fourth-order valence-corrected chi connectivity index (χ4v) is 0. The van der Waals surface area contributed by atoms with Crippen LogP contribution in [0.3, 0.4) is 0 Å². The number of hydrogen-bond donors (Lipinski definition) is 0. The predicted octanol–water partition coefficient (Wildman–Crippen LogP) is -1.66. The minimum Gasteiger partial charge on any atom is -0.412 e. The van der Waals surface area contributed by atoms with Crippen molar-refractivity contribution in [3.05, 3.63) is 0 Å². The first-order chi connectivity index (χ1) is 0. The smallest absolute Gasteiger partial charge is 0 e. The molecule has 35 valence electrons. The zero-order valence-corrected chi connectivity index (χ0v) is 7.10. The van der Waals surface area contributed by atoms with E-state index in [1.807, 2.05) is 0 Å². The molecule has 0 aromatic carbocycles. The molecule has 0 saturated carbocycles. The van der Waals surface area contributed by atoms with E-state index >= 15 is 0 Å². The van der Waals surface area contributed by atoms with E-state index in [1.165, 1.54) is 0 Å². The van der Waals surface area contributed by atoms with Gasteiger partial charge in [-0.25, -0.2) is 0 Å². The van der Waals surface area contributed by atoms with Crippen LogP contribution in [0.5, 0.6) is 0 Å². The van der Waals surface area contributed by atoms with E-state index in [0.717, 1.165) is 0 Å². The monoisotopic (exact) mass is 237 g/mol. The summed E-state index contributed by atoms with van der Waals surface area (Å²) in [7, 11) is 0. The van der Waals surface area contributed by atoms with Crippen LogP contribution in [0.25, 0.3) is 0 Å². The van der Waals surface area contributed by atoms with Gasteiger partial charge in [0.25, 0.3) is 0 Å². The normalized spacial score (nSPS) is 0. The first kappa shape index (κ1) is 63.9. The maximum atomic E-state index is 0. The Kier molecular flexibility index (Phi) is 486. The Bertz CT molecular complexity index is 9.61. The summed E-state index contributed by atoms with van der Waals surface area (Å²) >= 11 is 0. The van der Waals surface area contributed by atoms with Crippen molar-refractivity contribution in [3.63, 3.8) is 0 Å². The van der Waals surface area contributed by atoms with Crippen LogP contribution < -0.4 is 0 Å². The van der Waals surface area contributed by atoms with E-state index in [1.54, 1.807) is 0 Å². The molecule has 5 heavy (non-hydrogen) atoms. The summed E-state index contributed by atoms with van der Waals surface area (Å²) in [6, 6.07) is 0. The van der Waals surface area contributed by atoms with Gasteiger partial charge >= 0.3 is 0 Å². The molecule has 0 unspecified atom stereocenters. The largest absolute Gasteiger partial charge is 0.412 e. The molecule has 0 heterocycles. The van der Waals surface area contributed by atoms with Gasteiger partial charge in [-0.2, -0.15) is 0 Å². The SMILES string of the molecule is O.O.[Mo].[Ni].[Sc]. The van der Waals surface area contributed by atoms with Gasteiger partial charge in [0.1, 0.15) is 0 Å². The van der Waals surface area contributed by atoms with Gasteiger partial charge < -0.3 is 11.0 Å². The molecule has 0 aliphatic rings. The molecule has 0 bridgehead atoms. The third-order valence-electron chi connectivity index (χ3n) is 0. The summed E-state index contributed by atoms with van der Waals surface area (Å²) in [5.74, 6) is 0. The molecule has 0 fully saturated rings. The molecule has 0 amide bonds. The summed E-state index contributed by atoms with van der Waals surface area (Å²) in [5, 5.41) is 0. The number of hydrogen-bond acceptors (Lipinski definition) is 0. The summed E-state index contributed by atoms with van der Waals surface area (Å²) in [6.45, 7) is 0. The Hall–Kier alpha value is 1.97. The average Bonchev–Trinajstić information content (AvgIpc) is 0. The average molecular weight is 236 g/mol. The fourth-order valence-electron chi connectivity index (χ4n) is 0. The molecule has 5 heteroatoms. The summed E-state index contributed by atoms with van der Waals surface area (Å²) in [6.07, 6.45) is 0. The summed E-state index contributed by atoms with van der Waals surface area (Å²) < 4.78 is 0. The molecule has 1 radical (unpaired) electrons. The second-order valence-electron chi connectivity index (χ2n) is 0. The van der Waals surface area contributed by atoms with E-state index in [-0.39, 0.29) is 74.4 Å². The Morgan fingerprint density at radius 2 is 0.800 bits per heavy atom. The molecule has 0 aromatic rings. The minimum atomic E-state index is 0. The molecule has 0 spiro atoms. The Labute approximate surface area is 73.7 Å².